The number of hydrogen-bond acceptors (Lipinski definition) is 7. The van der Waals surface area contributed by atoms with Crippen molar-refractivity contribution >= 4 is 15.7 Å². The highest BCUT2D eigenvalue weighted by molar-refractivity contribution is 7.89. The predicted octanol–water partition coefficient (Wildman–Crippen LogP) is -0.124. The van der Waals surface area contributed by atoms with Crippen molar-refractivity contribution in [2.75, 3.05) is 12.3 Å². The van der Waals surface area contributed by atoms with Crippen LogP contribution in [0.4, 0.5) is 5.69 Å². The van der Waals surface area contributed by atoms with Crippen molar-refractivity contribution in [2.24, 2.45) is 0 Å². The maximum Gasteiger partial charge on any atom is 0.244 e. The van der Waals surface area contributed by atoms with Gasteiger partial charge in [-0.1, -0.05) is 5.16 Å². The fourth-order valence-electron chi connectivity index (χ4n) is 1.43. The topological polar surface area (TPSA) is 124 Å². The van der Waals surface area contributed by atoms with Gasteiger partial charge in [0.05, 0.1) is 5.69 Å². The van der Waals surface area contributed by atoms with Crippen LogP contribution in [0.2, 0.25) is 0 Å². The number of hydrogen-bond donors (Lipinski definition) is 2. The van der Waals surface area contributed by atoms with Gasteiger partial charge in [0.25, 0.3) is 0 Å². The molecule has 2 heterocycles. The molecule has 2 aromatic rings. The van der Waals surface area contributed by atoms with Crippen LogP contribution in [0.25, 0.3) is 0 Å². The Morgan fingerprint density at radius 2 is 2.26 bits per heavy atom. The van der Waals surface area contributed by atoms with Crippen LogP contribution in [0.15, 0.2) is 27.9 Å². The SMILES string of the molecule is Cc1noc(CCNS(=O)(=O)c2cnccc2N)n1. The molecule has 0 saturated carbocycles. The second-order valence-electron chi connectivity index (χ2n) is 3.80. The zero-order valence-electron chi connectivity index (χ0n) is 10.2. The number of aryl methyl sites for hydroxylation is 1. The molecule has 0 spiro atoms. The molecule has 8 nitrogen and oxygen atoms in total. The first-order valence-electron chi connectivity index (χ1n) is 5.47. The lowest BCUT2D eigenvalue weighted by molar-refractivity contribution is 0.375. The molecule has 0 amide bonds. The summed E-state index contributed by atoms with van der Waals surface area (Å²) in [4.78, 5) is 7.67. The molecule has 2 rings (SSSR count). The minimum absolute atomic E-state index is 0.0447. The van der Waals surface area contributed by atoms with E-state index in [9.17, 15) is 8.42 Å². The average molecular weight is 283 g/mol. The van der Waals surface area contributed by atoms with Gasteiger partial charge in [0, 0.05) is 25.4 Å². The third kappa shape index (κ3) is 3.26. The molecule has 0 radical (unpaired) electrons. The van der Waals surface area contributed by atoms with Crippen LogP contribution in [0, 0.1) is 6.92 Å². The van der Waals surface area contributed by atoms with E-state index in [2.05, 4.69) is 19.8 Å². The third-order valence-electron chi connectivity index (χ3n) is 2.31. The third-order valence-corrected chi connectivity index (χ3v) is 3.81. The summed E-state index contributed by atoms with van der Waals surface area (Å²) in [5.74, 6) is 0.883. The van der Waals surface area contributed by atoms with Crippen LogP contribution in [-0.4, -0.2) is 30.1 Å². The van der Waals surface area contributed by atoms with E-state index in [0.29, 0.717) is 18.1 Å². The predicted molar refractivity (Wildman–Crippen MR) is 66.6 cm³/mol. The Morgan fingerprint density at radius 3 is 2.89 bits per heavy atom. The first-order chi connectivity index (χ1) is 8.99. The highest BCUT2D eigenvalue weighted by Crippen LogP contribution is 2.15. The molecule has 9 heteroatoms. The summed E-state index contributed by atoms with van der Waals surface area (Å²) >= 11 is 0. The maximum absolute atomic E-state index is 12.0. The number of rotatable bonds is 5. The summed E-state index contributed by atoms with van der Waals surface area (Å²) in [5.41, 5.74) is 5.74. The first kappa shape index (κ1) is 13.4. The number of sulfonamides is 1. The second-order valence-corrected chi connectivity index (χ2v) is 5.53. The number of nitrogen functional groups attached to an aromatic ring is 1. The molecule has 0 unspecified atom stereocenters. The monoisotopic (exact) mass is 283 g/mol. The Labute approximate surface area is 110 Å². The van der Waals surface area contributed by atoms with Crippen molar-refractivity contribution in [1.82, 2.24) is 19.8 Å². The fourth-order valence-corrected chi connectivity index (χ4v) is 2.53. The van der Waals surface area contributed by atoms with Gasteiger partial charge in [-0.25, -0.2) is 13.1 Å². The molecule has 0 saturated heterocycles. The molecular formula is C10H13N5O3S. The van der Waals surface area contributed by atoms with Crippen molar-refractivity contribution in [3.8, 4) is 0 Å². The molecule has 0 aromatic carbocycles. The average Bonchev–Trinajstić information content (AvgIpc) is 2.75. The molecule has 0 aliphatic heterocycles. The van der Waals surface area contributed by atoms with E-state index in [0.717, 1.165) is 0 Å². The van der Waals surface area contributed by atoms with E-state index >= 15 is 0 Å². The summed E-state index contributed by atoms with van der Waals surface area (Å²) in [5, 5.41) is 3.61. The van der Waals surface area contributed by atoms with Gasteiger partial charge in [0.1, 0.15) is 4.90 Å². The Bertz CT molecular complexity index is 667. The fraction of sp³-hybridized carbons (Fsp3) is 0.300. The molecule has 2 aromatic heterocycles. The number of anilines is 1. The van der Waals surface area contributed by atoms with Crippen LogP contribution >= 0.6 is 0 Å². The van der Waals surface area contributed by atoms with Gasteiger partial charge in [-0.05, 0) is 13.0 Å². The minimum Gasteiger partial charge on any atom is -0.398 e. The quantitative estimate of drug-likeness (QED) is 0.783. The number of nitrogens with two attached hydrogens (primary N) is 1. The van der Waals surface area contributed by atoms with Crippen LogP contribution in [0.3, 0.4) is 0 Å². The highest BCUT2D eigenvalue weighted by Gasteiger charge is 2.17. The van der Waals surface area contributed by atoms with Crippen molar-refractivity contribution < 1.29 is 12.9 Å². The Hall–Kier alpha value is -2.00. The minimum atomic E-state index is -3.68. The van der Waals surface area contributed by atoms with Crippen LogP contribution in [-0.2, 0) is 16.4 Å². The Morgan fingerprint density at radius 1 is 1.47 bits per heavy atom. The van der Waals surface area contributed by atoms with Crippen molar-refractivity contribution in [3.05, 3.63) is 30.2 Å². The number of nitrogens with one attached hydrogen (secondary N) is 1. The van der Waals surface area contributed by atoms with Gasteiger partial charge in [0.15, 0.2) is 5.82 Å². The summed E-state index contributed by atoms with van der Waals surface area (Å²) in [6.45, 7) is 1.83. The molecular weight excluding hydrogens is 270 g/mol. The molecule has 0 bridgehead atoms. The lowest BCUT2D eigenvalue weighted by Gasteiger charge is -2.07. The van der Waals surface area contributed by atoms with Crippen LogP contribution in [0.1, 0.15) is 11.7 Å². The van der Waals surface area contributed by atoms with Gasteiger partial charge in [-0.2, -0.15) is 4.98 Å². The molecule has 19 heavy (non-hydrogen) atoms. The lowest BCUT2D eigenvalue weighted by atomic mass is 10.4. The number of nitrogens with zero attached hydrogens (tertiary/aromatic N) is 3. The molecule has 0 fully saturated rings. The van der Waals surface area contributed by atoms with Crippen LogP contribution in [0.5, 0.6) is 0 Å². The summed E-state index contributed by atoms with van der Waals surface area (Å²) in [6.07, 6.45) is 2.93. The molecule has 0 aliphatic carbocycles. The number of aromatic nitrogens is 3. The summed E-state index contributed by atoms with van der Waals surface area (Å²) < 4.78 is 31.2. The highest BCUT2D eigenvalue weighted by atomic mass is 32.2. The molecule has 0 aliphatic rings. The van der Waals surface area contributed by atoms with Crippen molar-refractivity contribution in [1.29, 1.82) is 0 Å². The normalized spacial score (nSPS) is 11.6. The zero-order chi connectivity index (χ0) is 13.9. The van der Waals surface area contributed by atoms with E-state index in [1.54, 1.807) is 6.92 Å². The molecule has 0 atom stereocenters. The van der Waals surface area contributed by atoms with Gasteiger partial charge < -0.3 is 10.3 Å². The van der Waals surface area contributed by atoms with E-state index < -0.39 is 10.0 Å². The first-order valence-corrected chi connectivity index (χ1v) is 6.96. The maximum atomic E-state index is 12.0. The second kappa shape index (κ2) is 5.33. The van der Waals surface area contributed by atoms with Crippen molar-refractivity contribution in [2.45, 2.75) is 18.2 Å². The van der Waals surface area contributed by atoms with E-state index in [1.807, 2.05) is 0 Å². The molecule has 102 valence electrons. The van der Waals surface area contributed by atoms with E-state index in [4.69, 9.17) is 10.3 Å². The largest absolute Gasteiger partial charge is 0.398 e. The summed E-state index contributed by atoms with van der Waals surface area (Å²) in [7, 11) is -3.68. The summed E-state index contributed by atoms with van der Waals surface area (Å²) in [6, 6.07) is 1.43. The zero-order valence-corrected chi connectivity index (χ0v) is 11.0. The van der Waals surface area contributed by atoms with Gasteiger partial charge in [-0.3, -0.25) is 4.98 Å². The Balaban J connectivity index is 2.01. The Kier molecular flexibility index (Phi) is 3.76. The van der Waals surface area contributed by atoms with E-state index in [-0.39, 0.29) is 17.1 Å². The van der Waals surface area contributed by atoms with Gasteiger partial charge >= 0.3 is 0 Å². The smallest absolute Gasteiger partial charge is 0.244 e. The molecule has 3 N–H and O–H groups in total. The standard InChI is InChI=1S/C10H13N5O3S/c1-7-14-10(18-15-7)3-5-13-19(16,17)9-6-12-4-2-8(9)11/h2,4,6,13H,3,5H2,1H3,(H2,11,12). The van der Waals surface area contributed by atoms with Crippen LogP contribution < -0.4 is 10.5 Å². The van der Waals surface area contributed by atoms with Crippen molar-refractivity contribution in [3.63, 3.8) is 0 Å². The lowest BCUT2D eigenvalue weighted by Crippen LogP contribution is -2.27. The number of pyridine rings is 1. The van der Waals surface area contributed by atoms with Gasteiger partial charge in [0.2, 0.25) is 15.9 Å². The van der Waals surface area contributed by atoms with E-state index in [1.165, 1.54) is 18.5 Å². The van der Waals surface area contributed by atoms with Gasteiger partial charge in [-0.15, -0.1) is 0 Å².